The van der Waals surface area contributed by atoms with Crippen molar-refractivity contribution in [1.82, 2.24) is 14.8 Å². The van der Waals surface area contributed by atoms with Crippen LogP contribution in [0.1, 0.15) is 34.7 Å². The topological polar surface area (TPSA) is 57.0 Å². The number of ether oxygens (including phenoxy) is 1. The molecule has 0 spiro atoms. The zero-order valence-electron chi connectivity index (χ0n) is 14.7. The monoisotopic (exact) mass is 347 g/mol. The minimum Gasteiger partial charge on any atom is -0.462 e. The van der Waals surface area contributed by atoms with Gasteiger partial charge in [-0.15, -0.1) is 10.2 Å². The van der Waals surface area contributed by atoms with Crippen molar-refractivity contribution in [3.05, 3.63) is 72.1 Å². The van der Waals surface area contributed by atoms with Crippen LogP contribution in [-0.4, -0.2) is 27.3 Å². The first kappa shape index (κ1) is 16.5. The molecule has 26 heavy (non-hydrogen) atoms. The Bertz CT molecular complexity index is 904. The highest BCUT2D eigenvalue weighted by Crippen LogP contribution is 2.42. The number of benzene rings is 2. The lowest BCUT2D eigenvalue weighted by molar-refractivity contribution is 0.0332. The fraction of sp³-hybridized carbons (Fsp3) is 0.286. The van der Waals surface area contributed by atoms with E-state index in [2.05, 4.69) is 34.5 Å². The van der Waals surface area contributed by atoms with Crippen LogP contribution in [0, 0.1) is 5.92 Å². The molecular formula is C21H21N3O2. The van der Waals surface area contributed by atoms with Crippen LogP contribution < -0.4 is 0 Å². The number of hydrogen-bond acceptors (Lipinski definition) is 4. The minimum absolute atomic E-state index is 0.303. The first-order valence-corrected chi connectivity index (χ1v) is 8.89. The van der Waals surface area contributed by atoms with Crippen LogP contribution in [-0.2, 0) is 11.8 Å². The van der Waals surface area contributed by atoms with Crippen molar-refractivity contribution < 1.29 is 9.53 Å². The van der Waals surface area contributed by atoms with E-state index in [-0.39, 0.29) is 5.97 Å². The van der Waals surface area contributed by atoms with E-state index in [1.165, 1.54) is 5.56 Å². The van der Waals surface area contributed by atoms with Gasteiger partial charge in [0.05, 0.1) is 12.2 Å². The standard InChI is InChI=1S/C21H21N3O2/c1-24-14-22-23-20(24)18-9-5-6-10-19(18)21(25)26-13-16-11-12-17(16)15-7-3-2-4-8-15/h2-10,14,16-17H,11-13H2,1H3. The van der Waals surface area contributed by atoms with E-state index in [0.717, 1.165) is 18.4 Å². The molecule has 2 unspecified atom stereocenters. The van der Waals surface area contributed by atoms with Crippen LogP contribution in [0.3, 0.4) is 0 Å². The lowest BCUT2D eigenvalue weighted by Gasteiger charge is -2.36. The molecule has 132 valence electrons. The normalized spacial score (nSPS) is 19.0. The number of esters is 1. The molecule has 0 N–H and O–H groups in total. The minimum atomic E-state index is -0.303. The van der Waals surface area contributed by atoms with E-state index in [1.807, 2.05) is 31.3 Å². The number of carbonyl (C=O) groups excluding carboxylic acids is 1. The van der Waals surface area contributed by atoms with Crippen molar-refractivity contribution in [3.8, 4) is 11.4 Å². The summed E-state index contributed by atoms with van der Waals surface area (Å²) in [7, 11) is 1.86. The Kier molecular flexibility index (Phi) is 4.52. The molecule has 1 aliphatic rings. The molecule has 2 atom stereocenters. The number of carbonyl (C=O) groups is 1. The van der Waals surface area contributed by atoms with Crippen LogP contribution >= 0.6 is 0 Å². The van der Waals surface area contributed by atoms with Crippen molar-refractivity contribution in [2.75, 3.05) is 6.61 Å². The molecule has 1 saturated carbocycles. The second-order valence-corrected chi connectivity index (χ2v) is 6.76. The Hall–Kier alpha value is -2.95. The van der Waals surface area contributed by atoms with Crippen molar-refractivity contribution in [2.45, 2.75) is 18.8 Å². The Labute approximate surface area is 152 Å². The maximum Gasteiger partial charge on any atom is 0.338 e. The molecule has 0 radical (unpaired) electrons. The molecule has 0 saturated heterocycles. The second-order valence-electron chi connectivity index (χ2n) is 6.76. The van der Waals surface area contributed by atoms with Crippen molar-refractivity contribution >= 4 is 5.97 Å². The maximum absolute atomic E-state index is 12.7. The SMILES string of the molecule is Cn1cnnc1-c1ccccc1C(=O)OCC1CCC1c1ccccc1. The molecule has 0 amide bonds. The second kappa shape index (κ2) is 7.12. The predicted molar refractivity (Wildman–Crippen MR) is 98.6 cm³/mol. The zero-order chi connectivity index (χ0) is 17.9. The highest BCUT2D eigenvalue weighted by molar-refractivity contribution is 5.96. The van der Waals surface area contributed by atoms with Gasteiger partial charge in [0.2, 0.25) is 0 Å². The predicted octanol–water partition coefficient (Wildman–Crippen LogP) is 3.83. The summed E-state index contributed by atoms with van der Waals surface area (Å²) >= 11 is 0. The van der Waals surface area contributed by atoms with Gasteiger partial charge in [-0.2, -0.15) is 0 Å². The maximum atomic E-state index is 12.7. The quantitative estimate of drug-likeness (QED) is 0.658. The molecule has 5 nitrogen and oxygen atoms in total. The Morgan fingerprint density at radius 2 is 1.88 bits per heavy atom. The van der Waals surface area contributed by atoms with E-state index in [4.69, 9.17) is 4.74 Å². The first-order valence-electron chi connectivity index (χ1n) is 8.89. The van der Waals surface area contributed by atoms with Crippen molar-refractivity contribution in [1.29, 1.82) is 0 Å². The number of aryl methyl sites for hydroxylation is 1. The van der Waals surface area contributed by atoms with Gasteiger partial charge in [-0.05, 0) is 36.3 Å². The van der Waals surface area contributed by atoms with Crippen LogP contribution in [0.15, 0.2) is 60.9 Å². The molecular weight excluding hydrogens is 326 g/mol. The summed E-state index contributed by atoms with van der Waals surface area (Å²) in [5.74, 6) is 1.23. The summed E-state index contributed by atoms with van der Waals surface area (Å²) in [4.78, 5) is 12.7. The number of hydrogen-bond donors (Lipinski definition) is 0. The van der Waals surface area contributed by atoms with Gasteiger partial charge in [0.15, 0.2) is 5.82 Å². The molecule has 2 aromatic carbocycles. The summed E-state index contributed by atoms with van der Waals surface area (Å²) in [5.41, 5.74) is 2.60. The average Bonchev–Trinajstić information content (AvgIpc) is 3.07. The first-order chi connectivity index (χ1) is 12.7. The Morgan fingerprint density at radius 3 is 2.58 bits per heavy atom. The fourth-order valence-corrected chi connectivity index (χ4v) is 3.55. The van der Waals surface area contributed by atoms with Crippen molar-refractivity contribution in [2.24, 2.45) is 13.0 Å². The van der Waals surface area contributed by atoms with Gasteiger partial charge < -0.3 is 9.30 Å². The summed E-state index contributed by atoms with van der Waals surface area (Å²) in [6.45, 7) is 0.450. The van der Waals surface area contributed by atoms with Crippen molar-refractivity contribution in [3.63, 3.8) is 0 Å². The zero-order valence-corrected chi connectivity index (χ0v) is 14.7. The van der Waals surface area contributed by atoms with Gasteiger partial charge in [-0.3, -0.25) is 0 Å². The van der Waals surface area contributed by atoms with Crippen LogP contribution in [0.25, 0.3) is 11.4 Å². The average molecular weight is 347 g/mol. The smallest absolute Gasteiger partial charge is 0.338 e. The third-order valence-corrected chi connectivity index (χ3v) is 5.17. The number of rotatable bonds is 5. The third-order valence-electron chi connectivity index (χ3n) is 5.17. The van der Waals surface area contributed by atoms with E-state index >= 15 is 0 Å². The molecule has 1 heterocycles. The lowest BCUT2D eigenvalue weighted by Crippen LogP contribution is -2.29. The Balaban J connectivity index is 1.46. The largest absolute Gasteiger partial charge is 0.462 e. The van der Waals surface area contributed by atoms with E-state index in [9.17, 15) is 4.79 Å². The van der Waals surface area contributed by atoms with Gasteiger partial charge in [0.25, 0.3) is 0 Å². The molecule has 1 aromatic heterocycles. The van der Waals surface area contributed by atoms with E-state index in [1.54, 1.807) is 17.0 Å². The highest BCUT2D eigenvalue weighted by Gasteiger charge is 2.33. The summed E-state index contributed by atoms with van der Waals surface area (Å²) < 4.78 is 7.46. The number of nitrogens with zero attached hydrogens (tertiary/aromatic N) is 3. The molecule has 5 heteroatoms. The van der Waals surface area contributed by atoms with Gasteiger partial charge in [-0.1, -0.05) is 48.5 Å². The molecule has 0 aliphatic heterocycles. The molecule has 1 fully saturated rings. The fourth-order valence-electron chi connectivity index (χ4n) is 3.55. The van der Waals surface area contributed by atoms with E-state index < -0.39 is 0 Å². The molecule has 3 aromatic rings. The van der Waals surface area contributed by atoms with Crippen LogP contribution in [0.2, 0.25) is 0 Å². The highest BCUT2D eigenvalue weighted by atomic mass is 16.5. The summed E-state index contributed by atoms with van der Waals surface area (Å²) in [5, 5.41) is 8.01. The van der Waals surface area contributed by atoms with Gasteiger partial charge in [-0.25, -0.2) is 4.79 Å². The molecule has 1 aliphatic carbocycles. The number of aromatic nitrogens is 3. The van der Waals surface area contributed by atoms with Crippen LogP contribution in [0.4, 0.5) is 0 Å². The third kappa shape index (κ3) is 3.12. The Morgan fingerprint density at radius 1 is 1.12 bits per heavy atom. The van der Waals surface area contributed by atoms with Gasteiger partial charge in [0.1, 0.15) is 6.33 Å². The summed E-state index contributed by atoms with van der Waals surface area (Å²) in [6, 6.07) is 17.8. The molecule has 0 bridgehead atoms. The van der Waals surface area contributed by atoms with Gasteiger partial charge in [0, 0.05) is 12.6 Å². The van der Waals surface area contributed by atoms with E-state index in [0.29, 0.717) is 29.8 Å². The lowest BCUT2D eigenvalue weighted by atomic mass is 9.70. The van der Waals surface area contributed by atoms with Crippen LogP contribution in [0.5, 0.6) is 0 Å². The molecule has 4 rings (SSSR count). The summed E-state index contributed by atoms with van der Waals surface area (Å²) in [6.07, 6.45) is 3.87. The van der Waals surface area contributed by atoms with Gasteiger partial charge >= 0.3 is 5.97 Å².